The summed E-state index contributed by atoms with van der Waals surface area (Å²) in [7, 11) is 1.61. The van der Waals surface area contributed by atoms with Crippen LogP contribution in [0.4, 0.5) is 13.2 Å². The van der Waals surface area contributed by atoms with Gasteiger partial charge in [0, 0.05) is 32.2 Å². The highest BCUT2D eigenvalue weighted by Crippen LogP contribution is 2.29. The summed E-state index contributed by atoms with van der Waals surface area (Å²) in [6.45, 7) is 4.32. The molecule has 1 aromatic rings. The maximum Gasteiger partial charge on any atom is 0.434 e. The predicted molar refractivity (Wildman–Crippen MR) is 96.5 cm³/mol. The van der Waals surface area contributed by atoms with Gasteiger partial charge in [0.1, 0.15) is 5.01 Å². The summed E-state index contributed by atoms with van der Waals surface area (Å²) in [6, 6.07) is 0. The molecule has 0 saturated carbocycles. The average Bonchev–Trinajstić information content (AvgIpc) is 2.95. The largest absolute Gasteiger partial charge is 0.434 e. The minimum atomic E-state index is -4.39. The Bertz CT molecular complexity index is 468. The van der Waals surface area contributed by atoms with Gasteiger partial charge >= 0.3 is 6.18 Å². The van der Waals surface area contributed by atoms with Crippen molar-refractivity contribution in [1.29, 1.82) is 0 Å². The van der Waals surface area contributed by atoms with Crippen LogP contribution in [0.1, 0.15) is 30.5 Å². The second kappa shape index (κ2) is 11.8. The van der Waals surface area contributed by atoms with E-state index in [0.29, 0.717) is 17.6 Å². The van der Waals surface area contributed by atoms with Gasteiger partial charge in [0.25, 0.3) is 0 Å². The van der Waals surface area contributed by atoms with Gasteiger partial charge in [0.2, 0.25) is 0 Å². The molecule has 0 radical (unpaired) electrons. The zero-order valence-corrected chi connectivity index (χ0v) is 16.2. The molecule has 0 aromatic carbocycles. The third kappa shape index (κ3) is 9.30. The number of unbranched alkanes of at least 4 members (excludes halogenated alkanes) is 1. The highest BCUT2D eigenvalue weighted by atomic mass is 127. The lowest BCUT2D eigenvalue weighted by Crippen LogP contribution is -2.37. The standard InChI is InChI=1S/C13H21F3N4OS.HI/c1-3-21-7-5-4-6-18-12(17-2)19-8-11-20-10(9-22-11)13(14,15)16;/h9H,3-8H2,1-2H3,(H2,17,18,19);1H. The Morgan fingerprint density at radius 1 is 1.35 bits per heavy atom. The third-order valence-electron chi connectivity index (χ3n) is 2.68. The number of guanidine groups is 1. The van der Waals surface area contributed by atoms with Crippen LogP contribution in [0.3, 0.4) is 0 Å². The zero-order valence-electron chi connectivity index (χ0n) is 13.1. The van der Waals surface area contributed by atoms with E-state index >= 15 is 0 Å². The number of ether oxygens (including phenoxy) is 1. The van der Waals surface area contributed by atoms with Crippen LogP contribution in [0.25, 0.3) is 0 Å². The van der Waals surface area contributed by atoms with Crippen LogP contribution in [0, 0.1) is 0 Å². The van der Waals surface area contributed by atoms with E-state index in [9.17, 15) is 13.2 Å². The molecular weight excluding hydrogens is 444 g/mol. The Kier molecular flexibility index (Phi) is 11.5. The van der Waals surface area contributed by atoms with E-state index in [-0.39, 0.29) is 30.5 Å². The number of hydrogen-bond acceptors (Lipinski definition) is 4. The van der Waals surface area contributed by atoms with E-state index in [2.05, 4.69) is 20.6 Å². The topological polar surface area (TPSA) is 58.5 Å². The maximum absolute atomic E-state index is 12.4. The summed E-state index contributed by atoms with van der Waals surface area (Å²) in [4.78, 5) is 7.56. The Morgan fingerprint density at radius 3 is 2.65 bits per heavy atom. The summed E-state index contributed by atoms with van der Waals surface area (Å²) < 4.78 is 42.5. The second-order valence-corrected chi connectivity index (χ2v) is 5.32. The molecule has 0 aliphatic heterocycles. The molecule has 10 heteroatoms. The molecule has 1 aromatic heterocycles. The van der Waals surface area contributed by atoms with E-state index in [1.54, 1.807) is 7.05 Å². The number of rotatable bonds is 8. The molecule has 0 aliphatic carbocycles. The van der Waals surface area contributed by atoms with Crippen molar-refractivity contribution in [3.05, 3.63) is 16.1 Å². The Labute approximate surface area is 155 Å². The summed E-state index contributed by atoms with van der Waals surface area (Å²) in [5, 5.41) is 7.41. The van der Waals surface area contributed by atoms with Gasteiger partial charge < -0.3 is 15.4 Å². The Morgan fingerprint density at radius 2 is 2.09 bits per heavy atom. The van der Waals surface area contributed by atoms with Gasteiger partial charge in [-0.1, -0.05) is 0 Å². The molecule has 0 spiro atoms. The first-order chi connectivity index (χ1) is 10.5. The third-order valence-corrected chi connectivity index (χ3v) is 3.53. The van der Waals surface area contributed by atoms with E-state index in [1.807, 2.05) is 6.92 Å². The van der Waals surface area contributed by atoms with Crippen molar-refractivity contribution in [1.82, 2.24) is 15.6 Å². The molecule has 5 nitrogen and oxygen atoms in total. The zero-order chi connectivity index (χ0) is 16.4. The average molecular weight is 466 g/mol. The van der Waals surface area contributed by atoms with Crippen molar-refractivity contribution in [2.75, 3.05) is 26.8 Å². The van der Waals surface area contributed by atoms with Gasteiger partial charge in [0.05, 0.1) is 6.54 Å². The molecule has 1 heterocycles. The molecule has 2 N–H and O–H groups in total. The fourth-order valence-corrected chi connectivity index (χ4v) is 2.32. The van der Waals surface area contributed by atoms with Crippen molar-refractivity contribution in [3.63, 3.8) is 0 Å². The Hall–Kier alpha value is -0.620. The highest BCUT2D eigenvalue weighted by molar-refractivity contribution is 14.0. The molecule has 23 heavy (non-hydrogen) atoms. The summed E-state index contributed by atoms with van der Waals surface area (Å²) in [5.41, 5.74) is -0.854. The van der Waals surface area contributed by atoms with Crippen LogP contribution in [0.5, 0.6) is 0 Å². The van der Waals surface area contributed by atoms with E-state index < -0.39 is 11.9 Å². The molecular formula is C13H22F3IN4OS. The van der Waals surface area contributed by atoms with Crippen LogP contribution in [0.15, 0.2) is 10.4 Å². The lowest BCUT2D eigenvalue weighted by atomic mass is 10.3. The van der Waals surface area contributed by atoms with Gasteiger partial charge in [-0.3, -0.25) is 4.99 Å². The van der Waals surface area contributed by atoms with Crippen molar-refractivity contribution < 1.29 is 17.9 Å². The quantitative estimate of drug-likeness (QED) is 0.267. The number of aromatic nitrogens is 1. The van der Waals surface area contributed by atoms with Gasteiger partial charge in [-0.15, -0.1) is 35.3 Å². The molecule has 0 bridgehead atoms. The summed E-state index contributed by atoms with van der Waals surface area (Å²) in [6.07, 6.45) is -2.52. The highest BCUT2D eigenvalue weighted by Gasteiger charge is 2.33. The SMILES string of the molecule is CCOCCCCNC(=NC)NCc1nc(C(F)(F)F)cs1.I. The monoisotopic (exact) mass is 466 g/mol. The van der Waals surface area contributed by atoms with Crippen molar-refractivity contribution in [2.45, 2.75) is 32.5 Å². The normalized spacial score (nSPS) is 12.0. The number of nitrogens with zero attached hydrogens (tertiary/aromatic N) is 2. The van der Waals surface area contributed by atoms with Gasteiger partial charge in [-0.2, -0.15) is 13.2 Å². The summed E-state index contributed by atoms with van der Waals surface area (Å²) in [5.74, 6) is 0.542. The van der Waals surface area contributed by atoms with Gasteiger partial charge in [0.15, 0.2) is 11.7 Å². The molecule has 0 saturated heterocycles. The number of thiazole rings is 1. The first-order valence-electron chi connectivity index (χ1n) is 7.01. The van der Waals surface area contributed by atoms with Crippen LogP contribution < -0.4 is 10.6 Å². The number of nitrogens with one attached hydrogen (secondary N) is 2. The predicted octanol–water partition coefficient (Wildman–Crippen LogP) is 3.26. The van der Waals surface area contributed by atoms with Crippen molar-refractivity contribution in [3.8, 4) is 0 Å². The molecule has 0 fully saturated rings. The van der Waals surface area contributed by atoms with Crippen LogP contribution >= 0.6 is 35.3 Å². The molecule has 0 atom stereocenters. The second-order valence-electron chi connectivity index (χ2n) is 4.38. The lowest BCUT2D eigenvalue weighted by Gasteiger charge is -2.10. The van der Waals surface area contributed by atoms with E-state index in [1.165, 1.54) is 0 Å². The van der Waals surface area contributed by atoms with Crippen LogP contribution in [0.2, 0.25) is 0 Å². The van der Waals surface area contributed by atoms with E-state index in [0.717, 1.165) is 42.7 Å². The number of aliphatic imine (C=N–C) groups is 1. The first kappa shape index (κ1) is 22.4. The maximum atomic E-state index is 12.4. The first-order valence-corrected chi connectivity index (χ1v) is 7.89. The van der Waals surface area contributed by atoms with E-state index in [4.69, 9.17) is 4.74 Å². The van der Waals surface area contributed by atoms with Crippen LogP contribution in [-0.2, 0) is 17.5 Å². The Balaban J connectivity index is 0.00000484. The smallest absolute Gasteiger partial charge is 0.382 e. The van der Waals surface area contributed by atoms with Crippen molar-refractivity contribution in [2.24, 2.45) is 4.99 Å². The fourth-order valence-electron chi connectivity index (χ4n) is 1.58. The number of alkyl halides is 3. The van der Waals surface area contributed by atoms with Gasteiger partial charge in [-0.25, -0.2) is 4.98 Å². The molecule has 0 aliphatic rings. The summed E-state index contributed by atoms with van der Waals surface area (Å²) >= 11 is 0.973. The fraction of sp³-hybridized carbons (Fsp3) is 0.692. The molecule has 0 amide bonds. The lowest BCUT2D eigenvalue weighted by molar-refractivity contribution is -0.140. The molecule has 1 rings (SSSR count). The van der Waals surface area contributed by atoms with Crippen molar-refractivity contribution >= 4 is 41.3 Å². The minimum absolute atomic E-state index is 0. The molecule has 134 valence electrons. The number of hydrogen-bond donors (Lipinski definition) is 2. The van der Waals surface area contributed by atoms with Gasteiger partial charge in [-0.05, 0) is 19.8 Å². The van der Waals surface area contributed by atoms with Crippen LogP contribution in [-0.4, -0.2) is 37.7 Å². The number of halogens is 4. The minimum Gasteiger partial charge on any atom is -0.382 e. The molecule has 0 unspecified atom stereocenters.